The van der Waals surface area contributed by atoms with Gasteiger partial charge >= 0.3 is 0 Å². The molecule has 4 heterocycles. The molecule has 0 saturated carbocycles. The van der Waals surface area contributed by atoms with Crippen molar-refractivity contribution in [1.29, 1.82) is 0 Å². The molecule has 2 saturated heterocycles. The third-order valence-corrected chi connectivity index (χ3v) is 6.32. The minimum Gasteiger partial charge on any atom is -0.342 e. The number of carbonyl (C=O) groups is 1. The molecular formula is C21H31ClN6O. The second-order valence-electron chi connectivity index (χ2n) is 8.46. The number of aryl methyl sites for hydroxylation is 3. The largest absolute Gasteiger partial charge is 0.342 e. The number of hydrogen-bond donors (Lipinski definition) is 1. The molecule has 2 atom stereocenters. The molecule has 2 aliphatic heterocycles. The number of hydrogen-bond acceptors (Lipinski definition) is 5. The van der Waals surface area contributed by atoms with Gasteiger partial charge in [0.1, 0.15) is 0 Å². The Hall–Kier alpha value is -1.99. The van der Waals surface area contributed by atoms with Crippen LogP contribution in [-0.2, 0) is 11.2 Å². The Labute approximate surface area is 178 Å². The maximum Gasteiger partial charge on any atom is 0.251 e. The minimum absolute atomic E-state index is 0. The Morgan fingerprint density at radius 1 is 1.14 bits per heavy atom. The fourth-order valence-corrected chi connectivity index (χ4v) is 4.75. The summed E-state index contributed by atoms with van der Waals surface area (Å²) >= 11 is 0. The molecule has 2 aromatic rings. The molecule has 2 unspecified atom stereocenters. The highest BCUT2D eigenvalue weighted by Gasteiger charge is 2.36. The van der Waals surface area contributed by atoms with Crippen LogP contribution in [0.4, 0.5) is 0 Å². The van der Waals surface area contributed by atoms with Gasteiger partial charge in [-0.3, -0.25) is 4.79 Å². The summed E-state index contributed by atoms with van der Waals surface area (Å²) in [5.41, 5.74) is 4.61. The fraction of sp³-hybridized carbons (Fsp3) is 0.619. The second kappa shape index (κ2) is 8.40. The molecular weight excluding hydrogens is 388 g/mol. The Kier molecular flexibility index (Phi) is 6.29. The minimum atomic E-state index is 0. The van der Waals surface area contributed by atoms with Crippen LogP contribution in [0.2, 0.25) is 0 Å². The van der Waals surface area contributed by atoms with E-state index < -0.39 is 0 Å². The van der Waals surface area contributed by atoms with Crippen LogP contribution in [0.15, 0.2) is 6.07 Å². The molecule has 2 aliphatic rings. The zero-order valence-electron chi connectivity index (χ0n) is 17.9. The monoisotopic (exact) mass is 418 g/mol. The second-order valence-corrected chi connectivity index (χ2v) is 8.46. The normalized spacial score (nSPS) is 23.0. The summed E-state index contributed by atoms with van der Waals surface area (Å²) < 4.78 is 1.77. The average Bonchev–Trinajstić information content (AvgIpc) is 3.12. The maximum absolute atomic E-state index is 13.0. The quantitative estimate of drug-likeness (QED) is 0.825. The first-order valence-corrected chi connectivity index (χ1v) is 10.2. The van der Waals surface area contributed by atoms with Crippen LogP contribution in [0.5, 0.6) is 0 Å². The average molecular weight is 419 g/mol. The van der Waals surface area contributed by atoms with Gasteiger partial charge in [0.25, 0.3) is 5.95 Å². The van der Waals surface area contributed by atoms with Gasteiger partial charge in [-0.05, 0) is 59.4 Å². The van der Waals surface area contributed by atoms with E-state index in [1.54, 1.807) is 4.68 Å². The third kappa shape index (κ3) is 4.31. The first-order valence-electron chi connectivity index (χ1n) is 10.2. The molecule has 1 amide bonds. The van der Waals surface area contributed by atoms with Gasteiger partial charge in [-0.25, -0.2) is 14.6 Å². The van der Waals surface area contributed by atoms with E-state index in [1.807, 2.05) is 45.7 Å². The number of aromatic nitrogens is 4. The van der Waals surface area contributed by atoms with Gasteiger partial charge in [0.2, 0.25) is 5.91 Å². The molecule has 8 heteroatoms. The highest BCUT2D eigenvalue weighted by atomic mass is 35.5. The lowest BCUT2D eigenvalue weighted by molar-refractivity contribution is -0.131. The third-order valence-electron chi connectivity index (χ3n) is 6.32. The summed E-state index contributed by atoms with van der Waals surface area (Å²) in [5.74, 6) is 0.735. The molecule has 0 radical (unpaired) electrons. The molecule has 29 heavy (non-hydrogen) atoms. The molecule has 4 rings (SSSR count). The van der Waals surface area contributed by atoms with Gasteiger partial charge in [-0.1, -0.05) is 0 Å². The van der Waals surface area contributed by atoms with Crippen LogP contribution in [0, 0.1) is 27.7 Å². The molecule has 1 N–H and O–H groups in total. The molecule has 0 aliphatic carbocycles. The zero-order valence-corrected chi connectivity index (χ0v) is 18.7. The van der Waals surface area contributed by atoms with Gasteiger partial charge in [-0.2, -0.15) is 5.10 Å². The first kappa shape index (κ1) is 21.7. The molecule has 2 bridgehead atoms. The standard InChI is InChI=1S/C21H30N6O.ClH/c1-12-8-13(2)23-21(22-12)27-15(4)19(14(3)25-27)11-20(28)26(5)18-9-16-6-7-17(10-18)24-16;/h8,16-18,24H,6-7,9-11H2,1-5H3;1H. The molecule has 158 valence electrons. The summed E-state index contributed by atoms with van der Waals surface area (Å²) in [6, 6.07) is 3.43. The van der Waals surface area contributed by atoms with Crippen molar-refractivity contribution < 1.29 is 4.79 Å². The molecule has 0 spiro atoms. The van der Waals surface area contributed by atoms with Crippen LogP contribution in [0.25, 0.3) is 5.95 Å². The van der Waals surface area contributed by atoms with Crippen molar-refractivity contribution in [3.8, 4) is 5.95 Å². The number of piperidine rings is 1. The van der Waals surface area contributed by atoms with Crippen molar-refractivity contribution in [1.82, 2.24) is 30.0 Å². The van der Waals surface area contributed by atoms with Gasteiger partial charge in [-0.15, -0.1) is 12.4 Å². The van der Waals surface area contributed by atoms with Gasteiger partial charge in [0, 0.05) is 47.8 Å². The number of carbonyl (C=O) groups excluding carboxylic acids is 1. The van der Waals surface area contributed by atoms with Crippen molar-refractivity contribution in [2.75, 3.05) is 7.05 Å². The van der Waals surface area contributed by atoms with Crippen LogP contribution in [-0.4, -0.2) is 55.7 Å². The first-order chi connectivity index (χ1) is 13.3. The lowest BCUT2D eigenvalue weighted by Gasteiger charge is -2.35. The number of nitrogens with zero attached hydrogens (tertiary/aromatic N) is 5. The smallest absolute Gasteiger partial charge is 0.251 e. The zero-order chi connectivity index (χ0) is 20.0. The van der Waals surface area contributed by atoms with E-state index >= 15 is 0 Å². The summed E-state index contributed by atoms with van der Waals surface area (Å²) in [6.45, 7) is 7.86. The van der Waals surface area contributed by atoms with E-state index in [1.165, 1.54) is 12.8 Å². The Bertz CT molecular complexity index is 879. The highest BCUT2D eigenvalue weighted by molar-refractivity contribution is 5.85. The number of amides is 1. The highest BCUT2D eigenvalue weighted by Crippen LogP contribution is 2.29. The van der Waals surface area contributed by atoms with Crippen molar-refractivity contribution in [2.24, 2.45) is 0 Å². The van der Waals surface area contributed by atoms with E-state index in [-0.39, 0.29) is 18.3 Å². The summed E-state index contributed by atoms with van der Waals surface area (Å²) in [5, 5.41) is 8.28. The van der Waals surface area contributed by atoms with Crippen LogP contribution in [0.1, 0.15) is 54.0 Å². The summed E-state index contributed by atoms with van der Waals surface area (Å²) in [4.78, 5) is 24.0. The van der Waals surface area contributed by atoms with E-state index in [0.717, 1.165) is 41.2 Å². The Balaban J connectivity index is 0.00000240. The Morgan fingerprint density at radius 3 is 2.31 bits per heavy atom. The number of fused-ring (bicyclic) bond motifs is 2. The SMILES string of the molecule is Cc1cc(C)nc(-n2nc(C)c(CC(=O)N(C)C3CC4CCC(C3)N4)c2C)n1.Cl. The lowest BCUT2D eigenvalue weighted by atomic mass is 9.98. The fourth-order valence-electron chi connectivity index (χ4n) is 4.75. The number of rotatable bonds is 4. The molecule has 2 aromatic heterocycles. The summed E-state index contributed by atoms with van der Waals surface area (Å²) in [7, 11) is 1.96. The topological polar surface area (TPSA) is 75.9 Å². The van der Waals surface area contributed by atoms with E-state index in [4.69, 9.17) is 0 Å². The van der Waals surface area contributed by atoms with Gasteiger partial charge in [0.15, 0.2) is 0 Å². The van der Waals surface area contributed by atoms with Gasteiger partial charge < -0.3 is 10.2 Å². The molecule has 0 aromatic carbocycles. The number of likely N-dealkylation sites (N-methyl/N-ethyl adjacent to an activating group) is 1. The van der Waals surface area contributed by atoms with Crippen molar-refractivity contribution >= 4 is 18.3 Å². The van der Waals surface area contributed by atoms with E-state index in [0.29, 0.717) is 30.5 Å². The van der Waals surface area contributed by atoms with Crippen molar-refractivity contribution in [2.45, 2.75) is 77.9 Å². The molecule has 2 fully saturated rings. The number of halogens is 1. The van der Waals surface area contributed by atoms with E-state index in [9.17, 15) is 4.79 Å². The van der Waals surface area contributed by atoms with Gasteiger partial charge in [0.05, 0.1) is 12.1 Å². The Morgan fingerprint density at radius 2 is 1.72 bits per heavy atom. The maximum atomic E-state index is 13.0. The predicted octanol–water partition coefficient (Wildman–Crippen LogP) is 2.60. The lowest BCUT2D eigenvalue weighted by Crippen LogP contribution is -2.49. The van der Waals surface area contributed by atoms with Crippen molar-refractivity contribution in [3.63, 3.8) is 0 Å². The summed E-state index contributed by atoms with van der Waals surface area (Å²) in [6.07, 6.45) is 4.98. The van der Waals surface area contributed by atoms with Crippen LogP contribution < -0.4 is 5.32 Å². The molecule has 7 nitrogen and oxygen atoms in total. The van der Waals surface area contributed by atoms with Crippen LogP contribution in [0.3, 0.4) is 0 Å². The predicted molar refractivity (Wildman–Crippen MR) is 115 cm³/mol. The van der Waals surface area contributed by atoms with Crippen LogP contribution >= 0.6 is 12.4 Å². The van der Waals surface area contributed by atoms with Crippen molar-refractivity contribution in [3.05, 3.63) is 34.4 Å². The number of nitrogens with one attached hydrogen (secondary N) is 1. The van der Waals surface area contributed by atoms with E-state index in [2.05, 4.69) is 20.4 Å².